The molecule has 166 valence electrons. The zero-order chi connectivity index (χ0) is 22.1. The van der Waals surface area contributed by atoms with E-state index in [1.54, 1.807) is 29.2 Å². The van der Waals surface area contributed by atoms with Crippen LogP contribution in [0, 0.1) is 5.92 Å². The highest BCUT2D eigenvalue weighted by molar-refractivity contribution is 5.98. The van der Waals surface area contributed by atoms with Crippen LogP contribution in [0.5, 0.6) is 5.75 Å². The summed E-state index contributed by atoms with van der Waals surface area (Å²) in [5.74, 6) is 1.13. The number of nitrogens with one attached hydrogen (secondary N) is 2. The molecule has 0 unspecified atom stereocenters. The number of hydrogen-bond acceptors (Lipinski definition) is 5. The van der Waals surface area contributed by atoms with E-state index in [1.165, 1.54) is 0 Å². The quantitative estimate of drug-likeness (QED) is 0.641. The number of carbonyl (C=O) groups is 2. The second-order valence-electron chi connectivity index (χ2n) is 7.95. The smallest absolute Gasteiger partial charge is 0.254 e. The Morgan fingerprint density at radius 3 is 2.58 bits per heavy atom. The van der Waals surface area contributed by atoms with Crippen molar-refractivity contribution in [2.45, 2.75) is 20.3 Å². The molecule has 0 saturated carbocycles. The number of anilines is 2. The van der Waals surface area contributed by atoms with Gasteiger partial charge in [0.25, 0.3) is 5.91 Å². The number of ether oxygens (including phenoxy) is 2. The lowest BCUT2D eigenvalue weighted by Gasteiger charge is -2.27. The summed E-state index contributed by atoms with van der Waals surface area (Å²) in [7, 11) is 0. The maximum absolute atomic E-state index is 12.6. The van der Waals surface area contributed by atoms with Crippen LogP contribution in [-0.4, -0.2) is 56.2 Å². The van der Waals surface area contributed by atoms with Gasteiger partial charge in [-0.15, -0.1) is 0 Å². The van der Waals surface area contributed by atoms with Crippen molar-refractivity contribution in [3.8, 4) is 5.75 Å². The van der Waals surface area contributed by atoms with Crippen molar-refractivity contribution < 1.29 is 19.1 Å². The Balaban J connectivity index is 1.50. The van der Waals surface area contributed by atoms with Crippen LogP contribution in [0.1, 0.15) is 30.6 Å². The summed E-state index contributed by atoms with van der Waals surface area (Å²) in [6, 6.07) is 14.6. The van der Waals surface area contributed by atoms with E-state index >= 15 is 0 Å². The summed E-state index contributed by atoms with van der Waals surface area (Å²) in [6.45, 7) is 7.37. The highest BCUT2D eigenvalue weighted by atomic mass is 16.5. The average Bonchev–Trinajstić information content (AvgIpc) is 2.78. The van der Waals surface area contributed by atoms with Gasteiger partial charge < -0.3 is 25.0 Å². The summed E-state index contributed by atoms with van der Waals surface area (Å²) in [5.41, 5.74) is 1.96. The normalized spacial score (nSPS) is 13.7. The molecule has 1 fully saturated rings. The molecule has 1 aliphatic rings. The second kappa shape index (κ2) is 11.4. The standard InChI is InChI=1S/C24H31N3O4/c1-18(2)9-12-31-22-8-4-6-20(16-22)25-17-23(28)26-21-7-3-5-19(15-21)24(29)27-10-13-30-14-11-27/h3-8,15-16,18,25H,9-14,17H2,1-2H3,(H,26,28). The second-order valence-corrected chi connectivity index (χ2v) is 7.95. The van der Waals surface area contributed by atoms with Gasteiger partial charge in [-0.25, -0.2) is 0 Å². The van der Waals surface area contributed by atoms with Crippen molar-refractivity contribution in [2.75, 3.05) is 50.1 Å². The van der Waals surface area contributed by atoms with Crippen LogP contribution in [0.2, 0.25) is 0 Å². The van der Waals surface area contributed by atoms with Crippen molar-refractivity contribution >= 4 is 23.2 Å². The number of morpholine rings is 1. The minimum Gasteiger partial charge on any atom is -0.494 e. The van der Waals surface area contributed by atoms with Crippen LogP contribution < -0.4 is 15.4 Å². The average molecular weight is 426 g/mol. The van der Waals surface area contributed by atoms with Gasteiger partial charge in [0.15, 0.2) is 0 Å². The monoisotopic (exact) mass is 425 g/mol. The number of nitrogens with zero attached hydrogens (tertiary/aromatic N) is 1. The first kappa shape index (κ1) is 22.6. The summed E-state index contributed by atoms with van der Waals surface area (Å²) in [4.78, 5) is 26.8. The zero-order valence-corrected chi connectivity index (χ0v) is 18.2. The molecule has 7 heteroatoms. The molecule has 2 amide bonds. The van der Waals surface area contributed by atoms with Crippen LogP contribution >= 0.6 is 0 Å². The van der Waals surface area contributed by atoms with Crippen LogP contribution in [0.3, 0.4) is 0 Å². The molecule has 1 aliphatic heterocycles. The molecule has 1 heterocycles. The highest BCUT2D eigenvalue weighted by Gasteiger charge is 2.18. The summed E-state index contributed by atoms with van der Waals surface area (Å²) < 4.78 is 11.1. The minimum atomic E-state index is -0.192. The van der Waals surface area contributed by atoms with Gasteiger partial charge in [0, 0.05) is 36.1 Å². The minimum absolute atomic E-state index is 0.0493. The predicted octanol–water partition coefficient (Wildman–Crippen LogP) is 3.63. The molecular formula is C24H31N3O4. The van der Waals surface area contributed by atoms with E-state index in [0.29, 0.717) is 50.1 Å². The van der Waals surface area contributed by atoms with E-state index in [0.717, 1.165) is 17.9 Å². The lowest BCUT2D eigenvalue weighted by atomic mass is 10.1. The third-order valence-corrected chi connectivity index (χ3v) is 4.94. The molecule has 7 nitrogen and oxygen atoms in total. The van der Waals surface area contributed by atoms with Crippen molar-refractivity contribution in [1.82, 2.24) is 4.90 Å². The fraction of sp³-hybridized carbons (Fsp3) is 0.417. The Kier molecular flexibility index (Phi) is 8.29. The predicted molar refractivity (Wildman–Crippen MR) is 122 cm³/mol. The third kappa shape index (κ3) is 7.29. The SMILES string of the molecule is CC(C)CCOc1cccc(NCC(=O)Nc2cccc(C(=O)N3CCOCC3)c2)c1. The molecule has 31 heavy (non-hydrogen) atoms. The number of rotatable bonds is 9. The molecule has 2 N–H and O–H groups in total. The van der Waals surface area contributed by atoms with Gasteiger partial charge in [-0.05, 0) is 42.7 Å². The molecule has 0 spiro atoms. The molecule has 0 aliphatic carbocycles. The summed E-state index contributed by atoms with van der Waals surface area (Å²) in [5, 5.41) is 5.96. The molecular weight excluding hydrogens is 394 g/mol. The Morgan fingerprint density at radius 1 is 1.06 bits per heavy atom. The van der Waals surface area contributed by atoms with E-state index in [2.05, 4.69) is 24.5 Å². The van der Waals surface area contributed by atoms with Crippen molar-refractivity contribution in [2.24, 2.45) is 5.92 Å². The number of carbonyl (C=O) groups excluding carboxylic acids is 2. The zero-order valence-electron chi connectivity index (χ0n) is 18.2. The van der Waals surface area contributed by atoms with Crippen molar-refractivity contribution in [3.63, 3.8) is 0 Å². The molecule has 2 aromatic rings. The highest BCUT2D eigenvalue weighted by Crippen LogP contribution is 2.18. The maximum atomic E-state index is 12.6. The van der Waals surface area contributed by atoms with Gasteiger partial charge in [-0.2, -0.15) is 0 Å². The van der Waals surface area contributed by atoms with Gasteiger partial charge in [0.05, 0.1) is 26.4 Å². The molecule has 2 aromatic carbocycles. The Morgan fingerprint density at radius 2 is 1.81 bits per heavy atom. The van der Waals surface area contributed by atoms with Gasteiger partial charge in [-0.1, -0.05) is 26.0 Å². The molecule has 1 saturated heterocycles. The van der Waals surface area contributed by atoms with Crippen molar-refractivity contribution in [1.29, 1.82) is 0 Å². The van der Waals surface area contributed by atoms with Gasteiger partial charge in [0.1, 0.15) is 5.75 Å². The molecule has 0 bridgehead atoms. The van der Waals surface area contributed by atoms with Crippen LogP contribution in [0.15, 0.2) is 48.5 Å². The fourth-order valence-corrected chi connectivity index (χ4v) is 3.17. The number of amides is 2. The van der Waals surface area contributed by atoms with E-state index in [-0.39, 0.29) is 18.4 Å². The van der Waals surface area contributed by atoms with Crippen LogP contribution in [0.4, 0.5) is 11.4 Å². The third-order valence-electron chi connectivity index (χ3n) is 4.94. The first-order valence-corrected chi connectivity index (χ1v) is 10.7. The maximum Gasteiger partial charge on any atom is 0.254 e. The largest absolute Gasteiger partial charge is 0.494 e. The first-order chi connectivity index (χ1) is 15.0. The van der Waals surface area contributed by atoms with E-state index in [4.69, 9.17) is 9.47 Å². The molecule has 3 rings (SSSR count). The van der Waals surface area contributed by atoms with Gasteiger partial charge >= 0.3 is 0 Å². The van der Waals surface area contributed by atoms with E-state index in [9.17, 15) is 9.59 Å². The fourth-order valence-electron chi connectivity index (χ4n) is 3.17. The summed E-state index contributed by atoms with van der Waals surface area (Å²) in [6.07, 6.45) is 0.993. The van der Waals surface area contributed by atoms with Crippen LogP contribution in [-0.2, 0) is 9.53 Å². The molecule has 0 aromatic heterocycles. The van der Waals surface area contributed by atoms with Crippen molar-refractivity contribution in [3.05, 3.63) is 54.1 Å². The number of hydrogen-bond donors (Lipinski definition) is 2. The van der Waals surface area contributed by atoms with Gasteiger partial charge in [-0.3, -0.25) is 9.59 Å². The first-order valence-electron chi connectivity index (χ1n) is 10.7. The number of benzene rings is 2. The Hall–Kier alpha value is -3.06. The van der Waals surface area contributed by atoms with Gasteiger partial charge in [0.2, 0.25) is 5.91 Å². The van der Waals surface area contributed by atoms with E-state index < -0.39 is 0 Å². The Bertz CT molecular complexity index is 879. The Labute approximate surface area is 183 Å². The van der Waals surface area contributed by atoms with Crippen LogP contribution in [0.25, 0.3) is 0 Å². The molecule has 0 radical (unpaired) electrons. The van der Waals surface area contributed by atoms with E-state index in [1.807, 2.05) is 24.3 Å². The molecule has 0 atom stereocenters. The lowest BCUT2D eigenvalue weighted by molar-refractivity contribution is -0.114. The topological polar surface area (TPSA) is 79.9 Å². The summed E-state index contributed by atoms with van der Waals surface area (Å²) >= 11 is 0. The lowest BCUT2D eigenvalue weighted by Crippen LogP contribution is -2.40.